The molecule has 0 unspecified atom stereocenters. The summed E-state index contributed by atoms with van der Waals surface area (Å²) in [5, 5.41) is 11.3. The van der Waals surface area contributed by atoms with Crippen LogP contribution in [-0.4, -0.2) is 26.4 Å². The Morgan fingerprint density at radius 2 is 1.35 bits per heavy atom. The number of hydrogen-bond donors (Lipinski definition) is 0. The van der Waals surface area contributed by atoms with Crippen molar-refractivity contribution in [2.75, 3.05) is 0 Å². The fourth-order valence-electron chi connectivity index (χ4n) is 3.85. The molecule has 5 rings (SSSR count). The highest BCUT2D eigenvalue weighted by atomic mass is 16.6. The third kappa shape index (κ3) is 4.89. The van der Waals surface area contributed by atoms with Gasteiger partial charge in [0.15, 0.2) is 0 Å². The minimum atomic E-state index is -0.580. The van der Waals surface area contributed by atoms with Gasteiger partial charge in [0.25, 0.3) is 11.6 Å². The second kappa shape index (κ2) is 10.1. The number of rotatable bonds is 6. The van der Waals surface area contributed by atoms with E-state index in [1.165, 1.54) is 28.8 Å². The second-order valence-electron chi connectivity index (χ2n) is 8.04. The molecule has 8 heteroatoms. The first-order chi connectivity index (χ1) is 18.0. The van der Waals surface area contributed by atoms with Crippen LogP contribution in [0.5, 0.6) is 0 Å². The lowest BCUT2D eigenvalue weighted by Gasteiger charge is -2.11. The van der Waals surface area contributed by atoms with E-state index in [0.29, 0.717) is 22.2 Å². The molecule has 5 aromatic rings. The summed E-state index contributed by atoms with van der Waals surface area (Å²) in [5.74, 6) is -0.640. The highest BCUT2D eigenvalue weighted by Gasteiger charge is 2.21. The van der Waals surface area contributed by atoms with E-state index in [9.17, 15) is 19.7 Å². The summed E-state index contributed by atoms with van der Waals surface area (Å²) >= 11 is 0. The van der Waals surface area contributed by atoms with Crippen molar-refractivity contribution in [3.05, 3.63) is 142 Å². The molecule has 0 amide bonds. The number of benzene rings is 4. The van der Waals surface area contributed by atoms with Gasteiger partial charge in [0.05, 0.1) is 21.5 Å². The van der Waals surface area contributed by atoms with Gasteiger partial charge in [-0.15, -0.1) is 0 Å². The normalized spacial score (nSPS) is 11.3. The summed E-state index contributed by atoms with van der Waals surface area (Å²) < 4.78 is 7.13. The van der Waals surface area contributed by atoms with Crippen molar-refractivity contribution >= 4 is 40.4 Å². The Balaban J connectivity index is 1.69. The summed E-state index contributed by atoms with van der Waals surface area (Å²) in [7, 11) is 0. The number of carbonyl (C=O) groups excluding carboxylic acids is 2. The molecule has 1 aromatic heterocycles. The van der Waals surface area contributed by atoms with Crippen LogP contribution in [-0.2, 0) is 4.74 Å². The highest BCUT2D eigenvalue weighted by molar-refractivity contribution is 6.04. The predicted octanol–water partition coefficient (Wildman–Crippen LogP) is 5.99. The molecule has 0 radical (unpaired) electrons. The molecule has 0 bridgehead atoms. The van der Waals surface area contributed by atoms with Crippen molar-refractivity contribution in [1.82, 2.24) is 9.55 Å². The molecular formula is C29H19N3O5. The Kier molecular flexibility index (Phi) is 6.37. The van der Waals surface area contributed by atoms with Gasteiger partial charge >= 0.3 is 5.97 Å². The Hall–Kier alpha value is -5.37. The van der Waals surface area contributed by atoms with E-state index in [0.717, 1.165) is 0 Å². The fraction of sp³-hybridized carbons (Fsp3) is 0. The van der Waals surface area contributed by atoms with Crippen molar-refractivity contribution in [1.29, 1.82) is 0 Å². The molecule has 0 spiro atoms. The standard InChI is InChI=1S/C29H19N3O5/c33-28(21-12-6-2-7-13-21)31-25-17-16-23(32(35)36)18-24(25)30-27(31)19-26(20-10-4-1-5-11-20)37-29(34)22-14-8-3-9-15-22/h1-19H. The van der Waals surface area contributed by atoms with Crippen LogP contribution in [0.1, 0.15) is 32.1 Å². The van der Waals surface area contributed by atoms with Gasteiger partial charge in [0.2, 0.25) is 0 Å². The van der Waals surface area contributed by atoms with Crippen LogP contribution in [0.2, 0.25) is 0 Å². The molecule has 0 aliphatic rings. The van der Waals surface area contributed by atoms with Crippen LogP contribution in [0.3, 0.4) is 0 Å². The van der Waals surface area contributed by atoms with Crippen molar-refractivity contribution in [3.63, 3.8) is 0 Å². The Morgan fingerprint density at radius 1 is 0.784 bits per heavy atom. The lowest BCUT2D eigenvalue weighted by Crippen LogP contribution is -2.14. The number of aromatic nitrogens is 2. The predicted molar refractivity (Wildman–Crippen MR) is 139 cm³/mol. The van der Waals surface area contributed by atoms with Gasteiger partial charge in [-0.25, -0.2) is 9.78 Å². The maximum atomic E-state index is 13.6. The first kappa shape index (κ1) is 23.4. The Labute approximate surface area is 211 Å². The van der Waals surface area contributed by atoms with Crippen molar-refractivity contribution in [2.45, 2.75) is 0 Å². The third-order valence-corrected chi connectivity index (χ3v) is 5.63. The zero-order valence-electron chi connectivity index (χ0n) is 19.4. The van der Waals surface area contributed by atoms with Gasteiger partial charge in [0.1, 0.15) is 11.6 Å². The molecule has 0 aliphatic carbocycles. The van der Waals surface area contributed by atoms with E-state index in [4.69, 9.17) is 4.74 Å². The molecule has 0 atom stereocenters. The number of fused-ring (bicyclic) bond motifs is 1. The number of nitro groups is 1. The van der Waals surface area contributed by atoms with Crippen LogP contribution in [0.4, 0.5) is 5.69 Å². The lowest BCUT2D eigenvalue weighted by molar-refractivity contribution is -0.384. The van der Waals surface area contributed by atoms with E-state index in [2.05, 4.69) is 4.98 Å². The van der Waals surface area contributed by atoms with Crippen LogP contribution in [0.25, 0.3) is 22.9 Å². The van der Waals surface area contributed by atoms with Crippen LogP contribution in [0, 0.1) is 10.1 Å². The molecule has 0 saturated carbocycles. The molecule has 0 aliphatic heterocycles. The zero-order chi connectivity index (χ0) is 25.8. The number of imidazole rings is 1. The first-order valence-corrected chi connectivity index (χ1v) is 11.3. The molecule has 4 aromatic carbocycles. The van der Waals surface area contributed by atoms with Gasteiger partial charge < -0.3 is 4.74 Å². The van der Waals surface area contributed by atoms with E-state index in [1.807, 2.05) is 6.07 Å². The van der Waals surface area contributed by atoms with Crippen molar-refractivity contribution in [2.24, 2.45) is 0 Å². The smallest absolute Gasteiger partial charge is 0.343 e. The maximum Gasteiger partial charge on any atom is 0.343 e. The minimum absolute atomic E-state index is 0.154. The Morgan fingerprint density at radius 3 is 1.95 bits per heavy atom. The van der Waals surface area contributed by atoms with Crippen LogP contribution < -0.4 is 0 Å². The summed E-state index contributed by atoms with van der Waals surface area (Å²) in [6.07, 6.45) is 1.49. The molecule has 8 nitrogen and oxygen atoms in total. The SMILES string of the molecule is O=C(OC(=Cc1nc2cc([N+](=O)[O-])ccc2n1C(=O)c1ccccc1)c1ccccc1)c1ccccc1. The van der Waals surface area contributed by atoms with Gasteiger partial charge in [-0.05, 0) is 30.3 Å². The summed E-state index contributed by atoms with van der Waals surface area (Å²) in [4.78, 5) is 41.8. The van der Waals surface area contributed by atoms with Gasteiger partial charge in [0, 0.05) is 29.3 Å². The number of ether oxygens (including phenoxy) is 1. The number of non-ortho nitro benzene ring substituents is 1. The number of carbonyl (C=O) groups is 2. The van der Waals surface area contributed by atoms with Gasteiger partial charge in [-0.1, -0.05) is 66.7 Å². The number of nitrogens with zero attached hydrogens (tertiary/aromatic N) is 3. The molecule has 0 fully saturated rings. The molecule has 0 saturated heterocycles. The topological polar surface area (TPSA) is 104 Å². The number of nitro benzene ring substituents is 1. The summed E-state index contributed by atoms with van der Waals surface area (Å²) in [6, 6.07) is 30.2. The van der Waals surface area contributed by atoms with E-state index >= 15 is 0 Å². The van der Waals surface area contributed by atoms with Gasteiger partial charge in [-0.2, -0.15) is 0 Å². The van der Waals surface area contributed by atoms with E-state index < -0.39 is 10.9 Å². The summed E-state index contributed by atoms with van der Waals surface area (Å²) in [5.41, 5.74) is 1.83. The maximum absolute atomic E-state index is 13.6. The highest BCUT2D eigenvalue weighted by Crippen LogP contribution is 2.27. The average molecular weight is 489 g/mol. The monoisotopic (exact) mass is 489 g/mol. The number of esters is 1. The zero-order valence-corrected chi connectivity index (χ0v) is 19.4. The van der Waals surface area contributed by atoms with E-state index in [1.54, 1.807) is 84.9 Å². The van der Waals surface area contributed by atoms with Gasteiger partial charge in [-0.3, -0.25) is 19.5 Å². The number of hydrogen-bond acceptors (Lipinski definition) is 6. The third-order valence-electron chi connectivity index (χ3n) is 5.63. The average Bonchev–Trinajstić information content (AvgIpc) is 3.30. The summed E-state index contributed by atoms with van der Waals surface area (Å²) in [6.45, 7) is 0. The quantitative estimate of drug-likeness (QED) is 0.126. The molecular weight excluding hydrogens is 470 g/mol. The minimum Gasteiger partial charge on any atom is -0.422 e. The van der Waals surface area contributed by atoms with Crippen LogP contribution in [0.15, 0.2) is 109 Å². The van der Waals surface area contributed by atoms with Crippen molar-refractivity contribution in [3.8, 4) is 0 Å². The lowest BCUT2D eigenvalue weighted by atomic mass is 10.1. The van der Waals surface area contributed by atoms with Crippen LogP contribution >= 0.6 is 0 Å². The Bertz CT molecular complexity index is 1640. The molecule has 37 heavy (non-hydrogen) atoms. The molecule has 0 N–H and O–H groups in total. The first-order valence-electron chi connectivity index (χ1n) is 11.3. The largest absolute Gasteiger partial charge is 0.422 e. The van der Waals surface area contributed by atoms with Crippen molar-refractivity contribution < 1.29 is 19.2 Å². The second-order valence-corrected chi connectivity index (χ2v) is 8.04. The molecule has 1 heterocycles. The van der Waals surface area contributed by atoms with E-state index in [-0.39, 0.29) is 28.7 Å². The fourth-order valence-corrected chi connectivity index (χ4v) is 3.85. The molecule has 180 valence electrons.